The predicted octanol–water partition coefficient (Wildman–Crippen LogP) is 4.61. The molecule has 1 atom stereocenters. The zero-order chi connectivity index (χ0) is 19.5. The van der Waals surface area contributed by atoms with E-state index in [1.54, 1.807) is 17.0 Å². The fourth-order valence-corrected chi connectivity index (χ4v) is 3.59. The summed E-state index contributed by atoms with van der Waals surface area (Å²) in [5.41, 5.74) is 3.76. The van der Waals surface area contributed by atoms with Crippen LogP contribution < -0.4 is 10.2 Å². The molecule has 1 unspecified atom stereocenters. The number of amides is 2. The molecule has 1 N–H and O–H groups in total. The summed E-state index contributed by atoms with van der Waals surface area (Å²) in [5.74, 6) is 0.245. The van der Waals surface area contributed by atoms with Crippen LogP contribution in [0.1, 0.15) is 40.9 Å². The molecule has 142 valence electrons. The first-order valence-corrected chi connectivity index (χ1v) is 9.45. The van der Waals surface area contributed by atoms with Crippen LogP contribution in [0.25, 0.3) is 0 Å². The first-order valence-electron chi connectivity index (χ1n) is 9.45. The van der Waals surface area contributed by atoms with Crippen molar-refractivity contribution in [3.63, 3.8) is 0 Å². The number of carbonyl (C=O) groups is 2. The topological polar surface area (TPSA) is 62.6 Å². The standard InChI is InChI=1S/C23H22N2O3/c1-16(17-6-3-2-4-7-17)14-22(26)24-19-10-9-18-11-12-25(20(18)15-19)23(27)21-8-5-13-28-21/h2-10,13,15-16H,11-12,14H2,1H3,(H,24,26). The van der Waals surface area contributed by atoms with Gasteiger partial charge < -0.3 is 14.6 Å². The van der Waals surface area contributed by atoms with E-state index < -0.39 is 0 Å². The Hall–Kier alpha value is -3.34. The van der Waals surface area contributed by atoms with Crippen LogP contribution >= 0.6 is 0 Å². The quantitative estimate of drug-likeness (QED) is 0.709. The Morgan fingerprint density at radius 2 is 1.93 bits per heavy atom. The lowest BCUT2D eigenvalue weighted by molar-refractivity contribution is -0.116. The Morgan fingerprint density at radius 1 is 1.11 bits per heavy atom. The Morgan fingerprint density at radius 3 is 2.68 bits per heavy atom. The molecule has 0 bridgehead atoms. The van der Waals surface area contributed by atoms with E-state index in [4.69, 9.17) is 4.42 Å². The number of benzene rings is 2. The highest BCUT2D eigenvalue weighted by Gasteiger charge is 2.27. The lowest BCUT2D eigenvalue weighted by Gasteiger charge is -2.17. The molecule has 2 amide bonds. The third-order valence-electron chi connectivity index (χ3n) is 5.10. The van der Waals surface area contributed by atoms with Crippen LogP contribution in [-0.4, -0.2) is 18.4 Å². The molecule has 4 rings (SSSR count). The average Bonchev–Trinajstić information content (AvgIpc) is 3.38. The fraction of sp³-hybridized carbons (Fsp3) is 0.217. The van der Waals surface area contributed by atoms with Gasteiger partial charge in [0.15, 0.2) is 5.76 Å². The molecule has 5 nitrogen and oxygen atoms in total. The zero-order valence-corrected chi connectivity index (χ0v) is 15.7. The maximum absolute atomic E-state index is 12.7. The number of fused-ring (bicyclic) bond motifs is 1. The first-order chi connectivity index (χ1) is 13.6. The molecule has 0 saturated heterocycles. The SMILES string of the molecule is CC(CC(=O)Nc1ccc2c(c1)N(C(=O)c1ccco1)CC2)c1ccccc1. The van der Waals surface area contributed by atoms with Crippen molar-refractivity contribution in [2.24, 2.45) is 0 Å². The molecule has 1 aromatic heterocycles. The third-order valence-corrected chi connectivity index (χ3v) is 5.10. The van der Waals surface area contributed by atoms with Crippen molar-refractivity contribution in [3.05, 3.63) is 83.8 Å². The van der Waals surface area contributed by atoms with Crippen LogP contribution in [-0.2, 0) is 11.2 Å². The predicted molar refractivity (Wildman–Crippen MR) is 109 cm³/mol. The molecule has 5 heteroatoms. The number of nitrogens with one attached hydrogen (secondary N) is 1. The number of rotatable bonds is 5. The number of hydrogen-bond donors (Lipinski definition) is 1. The van der Waals surface area contributed by atoms with Crippen molar-refractivity contribution < 1.29 is 14.0 Å². The number of hydrogen-bond acceptors (Lipinski definition) is 3. The Kier molecular flexibility index (Phi) is 4.98. The van der Waals surface area contributed by atoms with Crippen molar-refractivity contribution in [1.82, 2.24) is 0 Å². The van der Waals surface area contributed by atoms with Crippen molar-refractivity contribution in [2.45, 2.75) is 25.7 Å². The van der Waals surface area contributed by atoms with Gasteiger partial charge in [-0.1, -0.05) is 43.3 Å². The number of furan rings is 1. The monoisotopic (exact) mass is 374 g/mol. The van der Waals surface area contributed by atoms with E-state index in [1.165, 1.54) is 6.26 Å². The van der Waals surface area contributed by atoms with E-state index in [0.717, 1.165) is 23.2 Å². The maximum Gasteiger partial charge on any atom is 0.293 e. The van der Waals surface area contributed by atoms with Crippen molar-refractivity contribution >= 4 is 23.2 Å². The molecule has 1 aliphatic rings. The Balaban J connectivity index is 1.46. The van der Waals surface area contributed by atoms with Crippen LogP contribution in [0.15, 0.2) is 71.3 Å². The highest BCUT2D eigenvalue weighted by Crippen LogP contribution is 2.32. The van der Waals surface area contributed by atoms with E-state index in [-0.39, 0.29) is 17.7 Å². The summed E-state index contributed by atoms with van der Waals surface area (Å²) in [6.45, 7) is 2.65. The van der Waals surface area contributed by atoms with Gasteiger partial charge in [0.2, 0.25) is 5.91 Å². The van der Waals surface area contributed by atoms with Gasteiger partial charge in [0.05, 0.1) is 6.26 Å². The van der Waals surface area contributed by atoms with Crippen LogP contribution in [0, 0.1) is 0 Å². The van der Waals surface area contributed by atoms with Crippen LogP contribution in [0.4, 0.5) is 11.4 Å². The van der Waals surface area contributed by atoms with Gasteiger partial charge in [-0.2, -0.15) is 0 Å². The second-order valence-electron chi connectivity index (χ2n) is 7.09. The second-order valence-corrected chi connectivity index (χ2v) is 7.09. The van der Waals surface area contributed by atoms with Crippen molar-refractivity contribution in [1.29, 1.82) is 0 Å². The Labute approximate surface area is 164 Å². The minimum absolute atomic E-state index is 0.0433. The number of carbonyl (C=O) groups excluding carboxylic acids is 2. The lowest BCUT2D eigenvalue weighted by atomic mass is 9.97. The minimum atomic E-state index is -0.162. The van der Waals surface area contributed by atoms with Gasteiger partial charge in [-0.25, -0.2) is 0 Å². The molecular weight excluding hydrogens is 352 g/mol. The highest BCUT2D eigenvalue weighted by molar-refractivity contribution is 6.06. The third kappa shape index (κ3) is 3.69. The van der Waals surface area contributed by atoms with E-state index in [0.29, 0.717) is 24.4 Å². The van der Waals surface area contributed by atoms with Crippen LogP contribution in [0.2, 0.25) is 0 Å². The molecule has 0 radical (unpaired) electrons. The van der Waals surface area contributed by atoms with Gasteiger partial charge in [-0.05, 0) is 47.7 Å². The van der Waals surface area contributed by atoms with Gasteiger partial charge in [0.25, 0.3) is 5.91 Å². The molecule has 3 aromatic rings. The maximum atomic E-state index is 12.7. The Bertz CT molecular complexity index is 980. The van der Waals surface area contributed by atoms with Crippen LogP contribution in [0.5, 0.6) is 0 Å². The summed E-state index contributed by atoms with van der Waals surface area (Å²) >= 11 is 0. The largest absolute Gasteiger partial charge is 0.459 e. The number of anilines is 2. The highest BCUT2D eigenvalue weighted by atomic mass is 16.3. The molecule has 2 aromatic carbocycles. The zero-order valence-electron chi connectivity index (χ0n) is 15.7. The molecule has 0 saturated carbocycles. The molecular formula is C23H22N2O3. The van der Waals surface area contributed by atoms with Gasteiger partial charge in [-0.3, -0.25) is 9.59 Å². The average molecular weight is 374 g/mol. The van der Waals surface area contributed by atoms with Gasteiger partial charge in [0.1, 0.15) is 0 Å². The molecule has 0 fully saturated rings. The summed E-state index contributed by atoms with van der Waals surface area (Å²) in [6.07, 6.45) is 2.69. The normalized spacial score (nSPS) is 13.8. The van der Waals surface area contributed by atoms with E-state index in [9.17, 15) is 9.59 Å². The lowest BCUT2D eigenvalue weighted by Crippen LogP contribution is -2.28. The van der Waals surface area contributed by atoms with Gasteiger partial charge >= 0.3 is 0 Å². The summed E-state index contributed by atoms with van der Waals surface area (Å²) in [7, 11) is 0. The summed E-state index contributed by atoms with van der Waals surface area (Å²) < 4.78 is 5.24. The van der Waals surface area contributed by atoms with Gasteiger partial charge in [-0.15, -0.1) is 0 Å². The summed E-state index contributed by atoms with van der Waals surface area (Å²) in [4.78, 5) is 26.8. The molecule has 0 spiro atoms. The van der Waals surface area contributed by atoms with E-state index in [2.05, 4.69) is 5.32 Å². The van der Waals surface area contributed by atoms with E-state index in [1.807, 2.05) is 55.5 Å². The van der Waals surface area contributed by atoms with Crippen molar-refractivity contribution in [2.75, 3.05) is 16.8 Å². The first kappa shape index (κ1) is 18.0. The molecule has 28 heavy (non-hydrogen) atoms. The van der Waals surface area contributed by atoms with Gasteiger partial charge in [0, 0.05) is 24.3 Å². The molecule has 2 heterocycles. The second kappa shape index (κ2) is 7.72. The smallest absolute Gasteiger partial charge is 0.293 e. The van der Waals surface area contributed by atoms with Crippen molar-refractivity contribution in [3.8, 4) is 0 Å². The fourth-order valence-electron chi connectivity index (χ4n) is 3.59. The summed E-state index contributed by atoms with van der Waals surface area (Å²) in [5, 5.41) is 2.97. The number of nitrogens with zero attached hydrogens (tertiary/aromatic N) is 1. The summed E-state index contributed by atoms with van der Waals surface area (Å²) in [6, 6.07) is 19.1. The van der Waals surface area contributed by atoms with Crippen LogP contribution in [0.3, 0.4) is 0 Å². The van der Waals surface area contributed by atoms with E-state index >= 15 is 0 Å². The molecule has 0 aliphatic carbocycles. The minimum Gasteiger partial charge on any atom is -0.459 e. The molecule has 1 aliphatic heterocycles.